The Morgan fingerprint density at radius 2 is 1.84 bits per heavy atom. The first-order chi connectivity index (χ1) is 12.1. The predicted molar refractivity (Wildman–Crippen MR) is 98.3 cm³/mol. The van der Waals surface area contributed by atoms with Crippen molar-refractivity contribution in [2.24, 2.45) is 5.92 Å². The molecule has 0 atom stereocenters. The van der Waals surface area contributed by atoms with Crippen LogP contribution in [0.15, 0.2) is 18.7 Å². The molecule has 7 nitrogen and oxygen atoms in total. The van der Waals surface area contributed by atoms with Crippen LogP contribution in [-0.2, 0) is 0 Å². The molecule has 0 spiro atoms. The van der Waals surface area contributed by atoms with Crippen LogP contribution < -0.4 is 14.5 Å². The van der Waals surface area contributed by atoms with Gasteiger partial charge in [0.05, 0.1) is 7.11 Å². The molecule has 0 aromatic carbocycles. The second kappa shape index (κ2) is 7.63. The Bertz CT molecular complexity index is 714. The van der Waals surface area contributed by atoms with Gasteiger partial charge >= 0.3 is 0 Å². The molecule has 3 rings (SSSR count). The van der Waals surface area contributed by atoms with Crippen molar-refractivity contribution >= 4 is 11.6 Å². The van der Waals surface area contributed by atoms with E-state index in [2.05, 4.69) is 43.7 Å². The minimum absolute atomic E-state index is 0.578. The molecule has 1 aliphatic heterocycles. The van der Waals surface area contributed by atoms with Crippen molar-refractivity contribution in [3.63, 3.8) is 0 Å². The summed E-state index contributed by atoms with van der Waals surface area (Å²) in [6, 6.07) is 0. The normalized spacial score (nSPS) is 15.3. The van der Waals surface area contributed by atoms with Gasteiger partial charge in [0, 0.05) is 50.3 Å². The molecule has 2 aromatic heterocycles. The predicted octanol–water partition coefficient (Wildman–Crippen LogP) is 2.24. The fourth-order valence-corrected chi connectivity index (χ4v) is 3.37. The number of ether oxygens (including phenoxy) is 1. The summed E-state index contributed by atoms with van der Waals surface area (Å²) in [7, 11) is 3.68. The van der Waals surface area contributed by atoms with Crippen molar-refractivity contribution in [2.45, 2.75) is 26.7 Å². The Morgan fingerprint density at radius 1 is 1.12 bits per heavy atom. The molecule has 0 aliphatic carbocycles. The number of aromatic nitrogens is 4. The first-order valence-corrected chi connectivity index (χ1v) is 8.69. The zero-order valence-corrected chi connectivity index (χ0v) is 15.4. The van der Waals surface area contributed by atoms with E-state index in [9.17, 15) is 0 Å². The van der Waals surface area contributed by atoms with Crippen LogP contribution in [0.1, 0.15) is 24.1 Å². The zero-order chi connectivity index (χ0) is 17.8. The molecule has 0 bridgehead atoms. The average Bonchev–Trinajstić information content (AvgIpc) is 2.64. The summed E-state index contributed by atoms with van der Waals surface area (Å²) >= 11 is 0. The Morgan fingerprint density at radius 3 is 2.56 bits per heavy atom. The van der Waals surface area contributed by atoms with E-state index >= 15 is 0 Å². The maximum Gasteiger partial charge on any atom is 0.257 e. The highest BCUT2D eigenvalue weighted by atomic mass is 16.5. The van der Waals surface area contributed by atoms with Gasteiger partial charge in [-0.15, -0.1) is 0 Å². The third-order valence-corrected chi connectivity index (χ3v) is 4.96. The van der Waals surface area contributed by atoms with Crippen molar-refractivity contribution in [2.75, 3.05) is 43.6 Å². The topological polar surface area (TPSA) is 67.3 Å². The van der Waals surface area contributed by atoms with Crippen molar-refractivity contribution in [1.29, 1.82) is 0 Å². The third-order valence-electron chi connectivity index (χ3n) is 4.96. The first kappa shape index (κ1) is 17.4. The molecule has 0 saturated carbocycles. The molecule has 7 heteroatoms. The first-order valence-electron chi connectivity index (χ1n) is 8.69. The zero-order valence-electron chi connectivity index (χ0n) is 15.4. The molecule has 2 aromatic rings. The Labute approximate surface area is 149 Å². The van der Waals surface area contributed by atoms with Gasteiger partial charge in [-0.2, -0.15) is 0 Å². The van der Waals surface area contributed by atoms with Crippen LogP contribution in [0, 0.1) is 19.8 Å². The molecule has 1 aliphatic rings. The smallest absolute Gasteiger partial charge is 0.257 e. The molecule has 0 unspecified atom stereocenters. The van der Waals surface area contributed by atoms with E-state index < -0.39 is 0 Å². The molecule has 134 valence electrons. The van der Waals surface area contributed by atoms with Gasteiger partial charge < -0.3 is 14.5 Å². The summed E-state index contributed by atoms with van der Waals surface area (Å²) < 4.78 is 5.32. The van der Waals surface area contributed by atoms with Gasteiger partial charge in [-0.05, 0) is 32.6 Å². The molecular formula is C18H26N6O. The summed E-state index contributed by atoms with van der Waals surface area (Å²) in [5, 5.41) is 0. The van der Waals surface area contributed by atoms with E-state index in [0.29, 0.717) is 11.8 Å². The van der Waals surface area contributed by atoms with Crippen molar-refractivity contribution in [1.82, 2.24) is 19.9 Å². The number of methoxy groups -OCH3 is 1. The van der Waals surface area contributed by atoms with E-state index in [1.807, 2.05) is 6.92 Å². The van der Waals surface area contributed by atoms with Crippen LogP contribution in [0.3, 0.4) is 0 Å². The monoisotopic (exact) mass is 342 g/mol. The highest BCUT2D eigenvalue weighted by molar-refractivity contribution is 5.48. The lowest BCUT2D eigenvalue weighted by molar-refractivity contribution is 0.386. The lowest BCUT2D eigenvalue weighted by atomic mass is 9.96. The van der Waals surface area contributed by atoms with E-state index in [1.165, 1.54) is 5.56 Å². The lowest BCUT2D eigenvalue weighted by Gasteiger charge is -2.35. The van der Waals surface area contributed by atoms with Gasteiger partial charge in [0.15, 0.2) is 5.82 Å². The van der Waals surface area contributed by atoms with E-state index in [-0.39, 0.29) is 0 Å². The number of aryl methyl sites for hydroxylation is 1. The van der Waals surface area contributed by atoms with Gasteiger partial charge in [-0.3, -0.25) is 0 Å². The van der Waals surface area contributed by atoms with E-state index in [4.69, 9.17) is 4.74 Å². The standard InChI is InChI=1S/C18H26N6O/c1-13-14(2)21-12-22-16(13)24-9-5-15(6-10-24)11-23(3)17-18(25-4)20-8-7-19-17/h7-8,12,15H,5-6,9-11H2,1-4H3. The molecule has 0 amide bonds. The third kappa shape index (κ3) is 3.81. The van der Waals surface area contributed by atoms with Crippen molar-refractivity contribution < 1.29 is 4.74 Å². The summed E-state index contributed by atoms with van der Waals surface area (Å²) in [5.41, 5.74) is 2.24. The van der Waals surface area contributed by atoms with Crippen LogP contribution >= 0.6 is 0 Å². The molecule has 25 heavy (non-hydrogen) atoms. The van der Waals surface area contributed by atoms with Crippen molar-refractivity contribution in [3.8, 4) is 5.88 Å². The van der Waals surface area contributed by atoms with Gasteiger partial charge in [-0.25, -0.2) is 19.9 Å². The Hall–Kier alpha value is -2.44. The Balaban J connectivity index is 1.60. The maximum atomic E-state index is 5.32. The Kier molecular flexibility index (Phi) is 5.31. The highest BCUT2D eigenvalue weighted by Crippen LogP contribution is 2.27. The maximum absolute atomic E-state index is 5.32. The molecule has 0 radical (unpaired) electrons. The van der Waals surface area contributed by atoms with E-state index in [0.717, 1.165) is 49.8 Å². The summed E-state index contributed by atoms with van der Waals surface area (Å²) in [6.07, 6.45) is 7.29. The van der Waals surface area contributed by atoms with Gasteiger partial charge in [0.2, 0.25) is 0 Å². The highest BCUT2D eigenvalue weighted by Gasteiger charge is 2.24. The second-order valence-corrected chi connectivity index (χ2v) is 6.61. The van der Waals surface area contributed by atoms with Gasteiger partial charge in [0.25, 0.3) is 5.88 Å². The lowest BCUT2D eigenvalue weighted by Crippen LogP contribution is -2.39. The van der Waals surface area contributed by atoms with Crippen LogP contribution in [0.4, 0.5) is 11.6 Å². The number of anilines is 2. The van der Waals surface area contributed by atoms with Crippen LogP contribution in [0.25, 0.3) is 0 Å². The quantitative estimate of drug-likeness (QED) is 0.825. The fourth-order valence-electron chi connectivity index (χ4n) is 3.37. The number of hydrogen-bond donors (Lipinski definition) is 0. The minimum Gasteiger partial charge on any atom is -0.478 e. The van der Waals surface area contributed by atoms with Crippen molar-refractivity contribution in [3.05, 3.63) is 30.0 Å². The van der Waals surface area contributed by atoms with Crippen LogP contribution in [0.5, 0.6) is 5.88 Å². The fraction of sp³-hybridized carbons (Fsp3) is 0.556. The van der Waals surface area contributed by atoms with Crippen LogP contribution in [-0.4, -0.2) is 53.7 Å². The molecule has 3 heterocycles. The van der Waals surface area contributed by atoms with Gasteiger partial charge in [0.1, 0.15) is 12.1 Å². The number of rotatable bonds is 5. The largest absolute Gasteiger partial charge is 0.478 e. The average molecular weight is 342 g/mol. The SMILES string of the molecule is COc1nccnc1N(C)CC1CCN(c2ncnc(C)c2C)CC1. The summed E-state index contributed by atoms with van der Waals surface area (Å²) in [4.78, 5) is 21.9. The van der Waals surface area contributed by atoms with Crippen LogP contribution in [0.2, 0.25) is 0 Å². The number of hydrogen-bond acceptors (Lipinski definition) is 7. The minimum atomic E-state index is 0.578. The van der Waals surface area contributed by atoms with Gasteiger partial charge in [-0.1, -0.05) is 0 Å². The van der Waals surface area contributed by atoms with E-state index in [1.54, 1.807) is 25.8 Å². The summed E-state index contributed by atoms with van der Waals surface area (Å²) in [5.74, 6) is 3.08. The molecule has 1 saturated heterocycles. The molecule has 1 fully saturated rings. The number of nitrogens with zero attached hydrogens (tertiary/aromatic N) is 6. The summed E-state index contributed by atoms with van der Waals surface area (Å²) in [6.45, 7) is 7.13. The number of piperidine rings is 1. The second-order valence-electron chi connectivity index (χ2n) is 6.61. The molecule has 0 N–H and O–H groups in total. The molecular weight excluding hydrogens is 316 g/mol.